The highest BCUT2D eigenvalue weighted by Crippen LogP contribution is 2.20. The normalized spacial score (nSPS) is 10.3. The first kappa shape index (κ1) is 17.7. The van der Waals surface area contributed by atoms with Gasteiger partial charge < -0.3 is 15.1 Å². The van der Waals surface area contributed by atoms with Crippen molar-refractivity contribution in [3.8, 4) is 11.8 Å². The summed E-state index contributed by atoms with van der Waals surface area (Å²) in [6, 6.07) is 3.75. The Labute approximate surface area is 130 Å². The van der Waals surface area contributed by atoms with Crippen molar-refractivity contribution in [2.75, 3.05) is 19.8 Å². The van der Waals surface area contributed by atoms with Crippen molar-refractivity contribution in [1.29, 1.82) is 0 Å². The molecule has 0 fully saturated rings. The first-order valence-corrected chi connectivity index (χ1v) is 8.10. The molecule has 2 N–H and O–H groups in total. The number of carbonyl (C=O) groups excluding carboxylic acids is 1. The zero-order valence-electron chi connectivity index (χ0n) is 12.6. The lowest BCUT2D eigenvalue weighted by Crippen LogP contribution is -2.41. The van der Waals surface area contributed by atoms with E-state index in [0.29, 0.717) is 17.8 Å². The van der Waals surface area contributed by atoms with Gasteiger partial charge in [-0.1, -0.05) is 25.7 Å². The molecule has 0 bridgehead atoms. The molecule has 1 aromatic rings. The lowest BCUT2D eigenvalue weighted by Gasteiger charge is -2.29. The van der Waals surface area contributed by atoms with E-state index in [1.54, 1.807) is 11.0 Å². The van der Waals surface area contributed by atoms with Gasteiger partial charge in [0.1, 0.15) is 0 Å². The summed E-state index contributed by atoms with van der Waals surface area (Å²) in [6.07, 6.45) is 2.18. The van der Waals surface area contributed by atoms with Crippen LogP contribution in [0.2, 0.25) is 0 Å². The second kappa shape index (κ2) is 9.56. The Morgan fingerprint density at radius 3 is 2.57 bits per heavy atom. The molecule has 1 amide bonds. The Hall–Kier alpha value is -1.35. The van der Waals surface area contributed by atoms with Crippen LogP contribution in [-0.4, -0.2) is 46.8 Å². The van der Waals surface area contributed by atoms with Crippen molar-refractivity contribution in [3.63, 3.8) is 0 Å². The van der Waals surface area contributed by atoms with Crippen molar-refractivity contribution in [2.45, 2.75) is 39.2 Å². The number of hydrogen-bond acceptors (Lipinski definition) is 4. The molecule has 0 aromatic carbocycles. The largest absolute Gasteiger partial charge is 0.395 e. The number of amides is 1. The highest BCUT2D eigenvalue weighted by molar-refractivity contribution is 7.14. The minimum Gasteiger partial charge on any atom is -0.395 e. The lowest BCUT2D eigenvalue weighted by atomic mass is 10.1. The quantitative estimate of drug-likeness (QED) is 0.758. The number of carbonyl (C=O) groups is 1. The number of rotatable bonds is 7. The minimum absolute atomic E-state index is 0.0310. The Morgan fingerprint density at radius 2 is 2.00 bits per heavy atom. The molecule has 4 nitrogen and oxygen atoms in total. The summed E-state index contributed by atoms with van der Waals surface area (Å²) < 4.78 is 0. The van der Waals surface area contributed by atoms with Gasteiger partial charge in [-0.2, -0.15) is 0 Å². The van der Waals surface area contributed by atoms with Crippen LogP contribution >= 0.6 is 11.3 Å². The van der Waals surface area contributed by atoms with Crippen molar-refractivity contribution in [1.82, 2.24) is 4.90 Å². The molecule has 5 heteroatoms. The summed E-state index contributed by atoms with van der Waals surface area (Å²) in [4.78, 5) is 15.8. The molecule has 0 aliphatic carbocycles. The van der Waals surface area contributed by atoms with Gasteiger partial charge in [-0.15, -0.1) is 11.3 Å². The minimum atomic E-state index is -0.0436. The number of aliphatic hydroxyl groups excluding tert-OH is 2. The molecule has 0 atom stereocenters. The molecule has 0 spiro atoms. The van der Waals surface area contributed by atoms with Gasteiger partial charge in [-0.3, -0.25) is 4.79 Å². The molecule has 0 aliphatic rings. The Balaban J connectivity index is 2.87. The van der Waals surface area contributed by atoms with Gasteiger partial charge in [0.15, 0.2) is 0 Å². The molecule has 1 rings (SSSR count). The van der Waals surface area contributed by atoms with Gasteiger partial charge in [0.25, 0.3) is 5.91 Å². The molecular weight excluding hydrogens is 286 g/mol. The zero-order chi connectivity index (χ0) is 15.7. The van der Waals surface area contributed by atoms with E-state index in [1.165, 1.54) is 11.3 Å². The summed E-state index contributed by atoms with van der Waals surface area (Å²) in [7, 11) is 0. The van der Waals surface area contributed by atoms with Crippen LogP contribution in [0.5, 0.6) is 0 Å². The van der Waals surface area contributed by atoms with E-state index in [2.05, 4.69) is 11.8 Å². The molecule has 21 heavy (non-hydrogen) atoms. The predicted octanol–water partition coefficient (Wildman–Crippen LogP) is 2.11. The zero-order valence-corrected chi connectivity index (χ0v) is 13.4. The van der Waals surface area contributed by atoms with Crippen LogP contribution in [0.1, 0.15) is 47.7 Å². The van der Waals surface area contributed by atoms with Gasteiger partial charge >= 0.3 is 0 Å². The molecule has 0 unspecified atom stereocenters. The fourth-order valence-corrected chi connectivity index (χ4v) is 2.99. The average molecular weight is 309 g/mol. The lowest BCUT2D eigenvalue weighted by molar-refractivity contribution is 0.0627. The van der Waals surface area contributed by atoms with E-state index in [4.69, 9.17) is 5.11 Å². The maximum absolute atomic E-state index is 12.6. The van der Waals surface area contributed by atoms with E-state index >= 15 is 0 Å². The standard InChI is InChI=1S/C16H23NO3S/c1-3-13(4-2)17(10-12-19)16(20)15-9-8-14(21-15)7-5-6-11-18/h8-9,13,18-19H,3-4,6,10-12H2,1-2H3. The number of thiophene rings is 1. The van der Waals surface area contributed by atoms with Crippen molar-refractivity contribution < 1.29 is 15.0 Å². The van der Waals surface area contributed by atoms with Crippen LogP contribution in [0.4, 0.5) is 0 Å². The second-order valence-electron chi connectivity index (χ2n) is 4.63. The summed E-state index contributed by atoms with van der Waals surface area (Å²) in [5.41, 5.74) is 0. The van der Waals surface area contributed by atoms with Gasteiger partial charge in [0.2, 0.25) is 0 Å². The second-order valence-corrected chi connectivity index (χ2v) is 5.72. The molecule has 0 saturated heterocycles. The van der Waals surface area contributed by atoms with Crippen LogP contribution in [0.3, 0.4) is 0 Å². The highest BCUT2D eigenvalue weighted by atomic mass is 32.1. The fraction of sp³-hybridized carbons (Fsp3) is 0.562. The third kappa shape index (κ3) is 5.16. The summed E-state index contributed by atoms with van der Waals surface area (Å²) in [5, 5.41) is 17.9. The first-order valence-electron chi connectivity index (χ1n) is 7.29. The van der Waals surface area contributed by atoms with Crippen LogP contribution in [-0.2, 0) is 0 Å². The van der Waals surface area contributed by atoms with Gasteiger partial charge in [-0.25, -0.2) is 0 Å². The Morgan fingerprint density at radius 1 is 1.29 bits per heavy atom. The van der Waals surface area contributed by atoms with Crippen LogP contribution in [0.25, 0.3) is 0 Å². The number of aliphatic hydroxyl groups is 2. The summed E-state index contributed by atoms with van der Waals surface area (Å²) >= 11 is 1.36. The number of hydrogen-bond donors (Lipinski definition) is 2. The van der Waals surface area contributed by atoms with E-state index < -0.39 is 0 Å². The maximum Gasteiger partial charge on any atom is 0.264 e. The fourth-order valence-electron chi connectivity index (χ4n) is 2.15. The Bertz CT molecular complexity index is 497. The van der Waals surface area contributed by atoms with Gasteiger partial charge in [-0.05, 0) is 25.0 Å². The third-order valence-electron chi connectivity index (χ3n) is 3.25. The van der Waals surface area contributed by atoms with Crippen LogP contribution in [0, 0.1) is 11.8 Å². The topological polar surface area (TPSA) is 60.8 Å². The highest BCUT2D eigenvalue weighted by Gasteiger charge is 2.22. The van der Waals surface area contributed by atoms with Gasteiger partial charge in [0, 0.05) is 19.0 Å². The van der Waals surface area contributed by atoms with E-state index in [-0.39, 0.29) is 25.2 Å². The molecule has 1 heterocycles. The predicted molar refractivity (Wildman–Crippen MR) is 85.4 cm³/mol. The Kier molecular flexibility index (Phi) is 8.06. The van der Waals surface area contributed by atoms with E-state index in [1.807, 2.05) is 19.9 Å². The van der Waals surface area contributed by atoms with Crippen molar-refractivity contribution in [2.24, 2.45) is 0 Å². The molecular formula is C16H23NO3S. The van der Waals surface area contributed by atoms with Crippen molar-refractivity contribution in [3.05, 3.63) is 21.9 Å². The monoisotopic (exact) mass is 309 g/mol. The smallest absolute Gasteiger partial charge is 0.264 e. The van der Waals surface area contributed by atoms with Gasteiger partial charge in [0.05, 0.1) is 23.0 Å². The molecule has 116 valence electrons. The molecule has 0 saturated carbocycles. The van der Waals surface area contributed by atoms with Crippen molar-refractivity contribution >= 4 is 17.2 Å². The number of nitrogens with zero attached hydrogens (tertiary/aromatic N) is 1. The maximum atomic E-state index is 12.6. The van der Waals surface area contributed by atoms with E-state index in [0.717, 1.165) is 17.7 Å². The average Bonchev–Trinajstić information content (AvgIpc) is 2.96. The van der Waals surface area contributed by atoms with Crippen LogP contribution in [0.15, 0.2) is 12.1 Å². The first-order chi connectivity index (χ1) is 10.2. The molecule has 1 aromatic heterocycles. The SMILES string of the molecule is CCC(CC)N(CCO)C(=O)c1ccc(C#CCCO)s1. The van der Waals surface area contributed by atoms with E-state index in [9.17, 15) is 9.90 Å². The van der Waals surface area contributed by atoms with Crippen LogP contribution < -0.4 is 0 Å². The molecule has 0 aliphatic heterocycles. The third-order valence-corrected chi connectivity index (χ3v) is 4.24. The summed E-state index contributed by atoms with van der Waals surface area (Å²) in [6.45, 7) is 4.46. The summed E-state index contributed by atoms with van der Waals surface area (Å²) in [5.74, 6) is 5.74. The molecule has 0 radical (unpaired) electrons.